The number of carbonyl (C=O) groups is 3. The number of benzene rings is 1. The normalized spacial score (nSPS) is 13.8. The van der Waals surface area contributed by atoms with Gasteiger partial charge < -0.3 is 14.4 Å². The molecule has 3 amide bonds. The molecule has 0 radical (unpaired) electrons. The van der Waals surface area contributed by atoms with E-state index in [9.17, 15) is 14.4 Å². The first-order valence-corrected chi connectivity index (χ1v) is 8.75. The summed E-state index contributed by atoms with van der Waals surface area (Å²) in [6, 6.07) is 4.73. The van der Waals surface area contributed by atoms with Gasteiger partial charge in [-0.05, 0) is 32.0 Å². The average Bonchev–Trinajstić information content (AvgIpc) is 2.97. The monoisotopic (exact) mass is 367 g/mol. The van der Waals surface area contributed by atoms with Crippen LogP contribution in [0.25, 0.3) is 0 Å². The van der Waals surface area contributed by atoms with Crippen molar-refractivity contribution >= 4 is 28.8 Å². The van der Waals surface area contributed by atoms with E-state index in [1.54, 1.807) is 12.1 Å². The van der Waals surface area contributed by atoms with Gasteiger partial charge >= 0.3 is 0 Å². The summed E-state index contributed by atoms with van der Waals surface area (Å²) in [6.45, 7) is 4.22. The molecule has 1 aromatic carbocycles. The van der Waals surface area contributed by atoms with Crippen molar-refractivity contribution in [2.24, 2.45) is 0 Å². The maximum Gasteiger partial charge on any atom is 0.282 e. The largest absolute Gasteiger partial charge is 0.493 e. The molecule has 1 heterocycles. The summed E-state index contributed by atoms with van der Waals surface area (Å²) < 4.78 is 10.8. The minimum atomic E-state index is -0.495. The average molecular weight is 367 g/mol. The third-order valence-electron chi connectivity index (χ3n) is 3.28. The molecule has 0 spiro atoms. The second kappa shape index (κ2) is 8.61. The Labute approximate surface area is 150 Å². The van der Waals surface area contributed by atoms with E-state index in [4.69, 9.17) is 9.47 Å². The minimum absolute atomic E-state index is 0.0284. The van der Waals surface area contributed by atoms with Crippen molar-refractivity contribution in [1.29, 1.82) is 0 Å². The Morgan fingerprint density at radius 1 is 1.28 bits per heavy atom. The van der Waals surface area contributed by atoms with Crippen LogP contribution in [-0.2, 0) is 4.79 Å². The molecule has 8 nitrogen and oxygen atoms in total. The van der Waals surface area contributed by atoms with E-state index in [-0.39, 0.29) is 17.9 Å². The zero-order valence-electron chi connectivity index (χ0n) is 14.3. The Morgan fingerprint density at radius 2 is 2.04 bits per heavy atom. The fourth-order valence-corrected chi connectivity index (χ4v) is 2.97. The Morgan fingerprint density at radius 3 is 2.64 bits per heavy atom. The van der Waals surface area contributed by atoms with Gasteiger partial charge in [0.25, 0.3) is 17.1 Å². The molecule has 0 aliphatic carbocycles. The highest BCUT2D eigenvalue weighted by Gasteiger charge is 2.23. The molecule has 9 heteroatoms. The number of nitrogens with one attached hydrogen (secondary N) is 2. The van der Waals surface area contributed by atoms with Gasteiger partial charge in [0.15, 0.2) is 11.5 Å². The van der Waals surface area contributed by atoms with E-state index in [1.165, 1.54) is 29.8 Å². The van der Waals surface area contributed by atoms with Crippen LogP contribution in [0.15, 0.2) is 18.2 Å². The van der Waals surface area contributed by atoms with E-state index < -0.39 is 11.8 Å². The molecule has 2 N–H and O–H groups in total. The van der Waals surface area contributed by atoms with Gasteiger partial charge in [-0.25, -0.2) is 0 Å². The zero-order valence-corrected chi connectivity index (χ0v) is 15.1. The fourth-order valence-electron chi connectivity index (χ4n) is 2.14. The molecule has 0 bridgehead atoms. The first-order valence-electron chi connectivity index (χ1n) is 7.76. The van der Waals surface area contributed by atoms with Crippen LogP contribution in [0.3, 0.4) is 0 Å². The van der Waals surface area contributed by atoms with Crippen LogP contribution >= 0.6 is 11.8 Å². The topological polar surface area (TPSA) is 97.0 Å². The Kier molecular flexibility index (Phi) is 6.51. The predicted octanol–water partition coefficient (Wildman–Crippen LogP) is 1.41. The molecule has 0 unspecified atom stereocenters. The number of amides is 3. The van der Waals surface area contributed by atoms with E-state index in [0.29, 0.717) is 29.4 Å². The van der Waals surface area contributed by atoms with E-state index in [1.807, 2.05) is 13.8 Å². The number of methoxy groups -OCH3 is 1. The molecule has 25 heavy (non-hydrogen) atoms. The summed E-state index contributed by atoms with van der Waals surface area (Å²) >= 11 is 1.17. The number of thioether (sulfide) groups is 1. The number of hydrazine groups is 1. The summed E-state index contributed by atoms with van der Waals surface area (Å²) in [5.74, 6) is 0.666. The number of nitrogens with zero attached hydrogens (tertiary/aromatic N) is 1. The molecule has 1 aliphatic rings. The van der Waals surface area contributed by atoms with Crippen molar-refractivity contribution in [3.8, 4) is 11.5 Å². The van der Waals surface area contributed by atoms with Gasteiger partial charge in [0, 0.05) is 17.9 Å². The zero-order chi connectivity index (χ0) is 18.4. The summed E-state index contributed by atoms with van der Waals surface area (Å²) in [5.41, 5.74) is 4.92. The SMILES string of the molecule is COc1cc(C(=O)NNC(=O)CN2CCSC2=O)ccc1OC(C)C. The van der Waals surface area contributed by atoms with Crippen molar-refractivity contribution in [3.63, 3.8) is 0 Å². The lowest BCUT2D eigenvalue weighted by Gasteiger charge is -2.16. The molecule has 0 aromatic heterocycles. The lowest BCUT2D eigenvalue weighted by molar-refractivity contribution is -0.122. The summed E-state index contributed by atoms with van der Waals surface area (Å²) in [4.78, 5) is 36.8. The molecular weight excluding hydrogens is 346 g/mol. The van der Waals surface area contributed by atoms with Gasteiger partial charge in [-0.2, -0.15) is 0 Å². The van der Waals surface area contributed by atoms with Crippen LogP contribution in [0.5, 0.6) is 11.5 Å². The molecule has 136 valence electrons. The third-order valence-corrected chi connectivity index (χ3v) is 4.18. The van der Waals surface area contributed by atoms with Crippen molar-refractivity contribution in [2.45, 2.75) is 20.0 Å². The Balaban J connectivity index is 1.91. The molecule has 1 aliphatic heterocycles. The van der Waals surface area contributed by atoms with Crippen molar-refractivity contribution in [1.82, 2.24) is 15.8 Å². The summed E-state index contributed by atoms with van der Waals surface area (Å²) in [7, 11) is 1.48. The fraction of sp³-hybridized carbons (Fsp3) is 0.438. The smallest absolute Gasteiger partial charge is 0.282 e. The summed E-state index contributed by atoms with van der Waals surface area (Å²) in [5, 5.41) is -0.132. The molecule has 1 aromatic rings. The standard InChI is InChI=1S/C16H21N3O5S/c1-10(2)24-12-5-4-11(8-13(12)23-3)15(21)18-17-14(20)9-19-6-7-25-16(19)22/h4-5,8,10H,6-7,9H2,1-3H3,(H,17,20)(H,18,21). The van der Waals surface area contributed by atoms with Crippen LogP contribution in [0.1, 0.15) is 24.2 Å². The van der Waals surface area contributed by atoms with E-state index in [2.05, 4.69) is 10.9 Å². The lowest BCUT2D eigenvalue weighted by Crippen LogP contribution is -2.46. The van der Waals surface area contributed by atoms with Crippen LogP contribution in [0.2, 0.25) is 0 Å². The number of rotatable bonds is 6. The van der Waals surface area contributed by atoms with Gasteiger partial charge in [-0.15, -0.1) is 0 Å². The highest BCUT2D eigenvalue weighted by Crippen LogP contribution is 2.28. The molecule has 1 fully saturated rings. The number of carbonyl (C=O) groups excluding carboxylic acids is 3. The van der Waals surface area contributed by atoms with E-state index in [0.717, 1.165) is 0 Å². The molecule has 2 rings (SSSR count). The van der Waals surface area contributed by atoms with Gasteiger partial charge in [-0.1, -0.05) is 11.8 Å². The highest BCUT2D eigenvalue weighted by atomic mass is 32.2. The molecule has 0 saturated carbocycles. The first-order chi connectivity index (χ1) is 11.9. The van der Waals surface area contributed by atoms with Crippen LogP contribution in [0.4, 0.5) is 4.79 Å². The lowest BCUT2D eigenvalue weighted by atomic mass is 10.2. The second-order valence-electron chi connectivity index (χ2n) is 5.57. The van der Waals surface area contributed by atoms with Crippen molar-refractivity contribution in [3.05, 3.63) is 23.8 Å². The second-order valence-corrected chi connectivity index (χ2v) is 6.62. The van der Waals surface area contributed by atoms with Crippen LogP contribution in [0, 0.1) is 0 Å². The molecule has 1 saturated heterocycles. The van der Waals surface area contributed by atoms with Gasteiger partial charge in [0.1, 0.15) is 6.54 Å². The van der Waals surface area contributed by atoms with Crippen molar-refractivity contribution in [2.75, 3.05) is 26.0 Å². The molecular formula is C16H21N3O5S. The first kappa shape index (κ1) is 18.9. The summed E-state index contributed by atoms with van der Waals surface area (Å²) in [6.07, 6.45) is -0.0284. The third kappa shape index (κ3) is 5.28. The van der Waals surface area contributed by atoms with Crippen LogP contribution in [-0.4, -0.2) is 54.0 Å². The highest BCUT2D eigenvalue weighted by molar-refractivity contribution is 8.13. The minimum Gasteiger partial charge on any atom is -0.493 e. The van der Waals surface area contributed by atoms with Crippen molar-refractivity contribution < 1.29 is 23.9 Å². The van der Waals surface area contributed by atoms with E-state index >= 15 is 0 Å². The Bertz CT molecular complexity index is 665. The molecule has 0 atom stereocenters. The van der Waals surface area contributed by atoms with Gasteiger partial charge in [0.2, 0.25) is 0 Å². The van der Waals surface area contributed by atoms with Gasteiger partial charge in [-0.3, -0.25) is 25.2 Å². The maximum atomic E-state index is 12.1. The quantitative estimate of drug-likeness (QED) is 0.738. The Hall–Kier alpha value is -2.42. The number of hydrogen-bond donors (Lipinski definition) is 2. The number of ether oxygens (including phenoxy) is 2. The predicted molar refractivity (Wildman–Crippen MR) is 93.8 cm³/mol. The number of hydrogen-bond acceptors (Lipinski definition) is 6. The van der Waals surface area contributed by atoms with Gasteiger partial charge in [0.05, 0.1) is 13.2 Å². The maximum absolute atomic E-state index is 12.1. The van der Waals surface area contributed by atoms with Crippen LogP contribution < -0.4 is 20.3 Å².